The van der Waals surface area contributed by atoms with Crippen LogP contribution in [0.5, 0.6) is 0 Å². The van der Waals surface area contributed by atoms with Crippen molar-refractivity contribution in [2.45, 2.75) is 20.8 Å². The van der Waals surface area contributed by atoms with E-state index in [1.165, 1.54) is 27.8 Å². The normalized spacial score (nSPS) is 11.0. The van der Waals surface area contributed by atoms with Crippen LogP contribution in [0.15, 0.2) is 54.7 Å². The Labute approximate surface area is 183 Å². The van der Waals surface area contributed by atoms with Crippen molar-refractivity contribution in [3.05, 3.63) is 83.2 Å². The van der Waals surface area contributed by atoms with E-state index in [0.29, 0.717) is 5.69 Å². The molecule has 29 heavy (non-hydrogen) atoms. The van der Waals surface area contributed by atoms with Crippen molar-refractivity contribution < 1.29 is 20.1 Å². The second-order valence-electron chi connectivity index (χ2n) is 7.37. The first-order chi connectivity index (χ1) is 13.6. The second kappa shape index (κ2) is 7.12. The number of imidazole rings is 1. The zero-order chi connectivity index (χ0) is 19.4. The molecule has 0 atom stereocenters. The summed E-state index contributed by atoms with van der Waals surface area (Å²) in [6, 6.07) is 22.5. The summed E-state index contributed by atoms with van der Waals surface area (Å²) in [5.74, 6) is 0. The standard InChI is InChI=1S/C25H18N3.Ir/c1-15-11-17(3)24-22(12-15)23-20(19-8-5-4-7-16(19)2)9-6-10-21(23)25-27-18(13-26)14-28(24)25;/h4-9,11-12,14H,1-3H3;/q-1;. The number of fused-ring (bicyclic) bond motifs is 6. The number of hydrogen-bond donors (Lipinski definition) is 0. The zero-order valence-electron chi connectivity index (χ0n) is 16.4. The van der Waals surface area contributed by atoms with Gasteiger partial charge in [-0.05, 0) is 42.8 Å². The molecule has 4 heteroatoms. The summed E-state index contributed by atoms with van der Waals surface area (Å²) >= 11 is 0. The maximum absolute atomic E-state index is 9.43. The minimum atomic E-state index is 0. The summed E-state index contributed by atoms with van der Waals surface area (Å²) in [7, 11) is 0. The molecule has 5 rings (SSSR count). The predicted octanol–water partition coefficient (Wildman–Crippen LogP) is 5.90. The van der Waals surface area contributed by atoms with E-state index in [-0.39, 0.29) is 20.1 Å². The molecule has 0 bridgehead atoms. The molecular formula is C25H18IrN3-. The zero-order valence-corrected chi connectivity index (χ0v) is 18.8. The summed E-state index contributed by atoms with van der Waals surface area (Å²) in [5, 5.41) is 12.7. The third-order valence-electron chi connectivity index (χ3n) is 5.43. The van der Waals surface area contributed by atoms with E-state index in [1.54, 1.807) is 0 Å². The van der Waals surface area contributed by atoms with Crippen molar-refractivity contribution in [1.29, 1.82) is 5.26 Å². The number of aryl methyl sites for hydroxylation is 3. The first kappa shape index (κ1) is 19.3. The Kier molecular flexibility index (Phi) is 4.74. The van der Waals surface area contributed by atoms with Crippen LogP contribution in [-0.2, 0) is 20.1 Å². The number of pyridine rings is 1. The summed E-state index contributed by atoms with van der Waals surface area (Å²) in [4.78, 5) is 4.60. The van der Waals surface area contributed by atoms with Crippen LogP contribution in [0.4, 0.5) is 0 Å². The fourth-order valence-electron chi connectivity index (χ4n) is 4.31. The van der Waals surface area contributed by atoms with Crippen molar-refractivity contribution >= 4 is 27.3 Å². The quantitative estimate of drug-likeness (QED) is 0.192. The van der Waals surface area contributed by atoms with Crippen molar-refractivity contribution in [2.75, 3.05) is 0 Å². The Balaban J connectivity index is 0.00000205. The van der Waals surface area contributed by atoms with E-state index < -0.39 is 0 Å². The van der Waals surface area contributed by atoms with E-state index in [0.717, 1.165) is 27.3 Å². The van der Waals surface area contributed by atoms with Gasteiger partial charge in [0.25, 0.3) is 0 Å². The molecule has 0 saturated carbocycles. The first-order valence-corrected chi connectivity index (χ1v) is 9.31. The smallest absolute Gasteiger partial charge is 0.148 e. The molecule has 0 amide bonds. The monoisotopic (exact) mass is 553 g/mol. The molecule has 0 unspecified atom stereocenters. The Hall–Kier alpha value is -2.99. The number of aromatic nitrogens is 2. The van der Waals surface area contributed by atoms with Crippen LogP contribution < -0.4 is 0 Å². The number of rotatable bonds is 1. The maximum atomic E-state index is 9.43. The maximum Gasteiger partial charge on any atom is 0.148 e. The molecule has 0 aliphatic rings. The average Bonchev–Trinajstić information content (AvgIpc) is 3.12. The summed E-state index contributed by atoms with van der Waals surface area (Å²) < 4.78 is 2.04. The van der Waals surface area contributed by atoms with Gasteiger partial charge in [-0.1, -0.05) is 58.3 Å². The van der Waals surface area contributed by atoms with Gasteiger partial charge in [0.15, 0.2) is 0 Å². The van der Waals surface area contributed by atoms with Crippen LogP contribution in [0.25, 0.3) is 38.4 Å². The Morgan fingerprint density at radius 3 is 2.55 bits per heavy atom. The molecule has 143 valence electrons. The SMILES string of the molecule is Cc1cc(C)c2c(c1)c1c(-c3ccccc3C)cc[c-]c1c1nc(C#N)cn12.[Ir]. The molecule has 0 N–H and O–H groups in total. The van der Waals surface area contributed by atoms with Gasteiger partial charge in [0.05, 0.1) is 5.65 Å². The van der Waals surface area contributed by atoms with Crippen molar-refractivity contribution in [1.82, 2.24) is 9.38 Å². The molecular weight excluding hydrogens is 535 g/mol. The minimum Gasteiger partial charge on any atom is -0.339 e. The van der Waals surface area contributed by atoms with Gasteiger partial charge in [-0.3, -0.25) is 4.98 Å². The van der Waals surface area contributed by atoms with Gasteiger partial charge < -0.3 is 4.40 Å². The third kappa shape index (κ3) is 2.86. The van der Waals surface area contributed by atoms with Crippen molar-refractivity contribution in [3.63, 3.8) is 0 Å². The Bertz CT molecular complexity index is 1450. The van der Waals surface area contributed by atoms with E-state index in [2.05, 4.69) is 80.4 Å². The predicted molar refractivity (Wildman–Crippen MR) is 113 cm³/mol. The van der Waals surface area contributed by atoms with Gasteiger partial charge >= 0.3 is 0 Å². The number of benzene rings is 3. The number of nitrogens with zero attached hydrogens (tertiary/aromatic N) is 3. The van der Waals surface area contributed by atoms with Crippen LogP contribution in [0.2, 0.25) is 0 Å². The van der Waals surface area contributed by atoms with E-state index in [4.69, 9.17) is 0 Å². The minimum absolute atomic E-state index is 0. The van der Waals surface area contributed by atoms with Crippen LogP contribution in [0.1, 0.15) is 22.4 Å². The molecule has 3 nitrogen and oxygen atoms in total. The molecule has 0 aliphatic carbocycles. The van der Waals surface area contributed by atoms with Crippen LogP contribution in [0.3, 0.4) is 0 Å². The molecule has 0 aliphatic heterocycles. The van der Waals surface area contributed by atoms with E-state index >= 15 is 0 Å². The summed E-state index contributed by atoms with van der Waals surface area (Å²) in [6.07, 6.45) is 1.83. The first-order valence-electron chi connectivity index (χ1n) is 9.31. The van der Waals surface area contributed by atoms with Crippen LogP contribution in [-0.4, -0.2) is 9.38 Å². The van der Waals surface area contributed by atoms with Crippen LogP contribution >= 0.6 is 0 Å². The molecule has 0 saturated heterocycles. The molecule has 2 heterocycles. The average molecular weight is 553 g/mol. The van der Waals surface area contributed by atoms with Crippen molar-refractivity contribution in [3.8, 4) is 17.2 Å². The van der Waals surface area contributed by atoms with Crippen molar-refractivity contribution in [2.24, 2.45) is 0 Å². The number of nitriles is 1. The van der Waals surface area contributed by atoms with E-state index in [1.807, 2.05) is 16.7 Å². The van der Waals surface area contributed by atoms with E-state index in [9.17, 15) is 5.26 Å². The largest absolute Gasteiger partial charge is 0.339 e. The Morgan fingerprint density at radius 2 is 1.79 bits per heavy atom. The Morgan fingerprint density at radius 1 is 1.00 bits per heavy atom. The number of hydrogen-bond acceptors (Lipinski definition) is 2. The molecule has 5 aromatic rings. The van der Waals surface area contributed by atoms with Gasteiger partial charge in [0, 0.05) is 31.8 Å². The van der Waals surface area contributed by atoms with Gasteiger partial charge in [-0.2, -0.15) is 5.26 Å². The van der Waals surface area contributed by atoms with Gasteiger partial charge in [0.2, 0.25) is 0 Å². The second-order valence-corrected chi connectivity index (χ2v) is 7.37. The van der Waals surface area contributed by atoms with Gasteiger partial charge in [-0.25, -0.2) is 0 Å². The third-order valence-corrected chi connectivity index (χ3v) is 5.43. The fourth-order valence-corrected chi connectivity index (χ4v) is 4.31. The van der Waals surface area contributed by atoms with Crippen LogP contribution in [0, 0.1) is 38.2 Å². The molecule has 0 spiro atoms. The van der Waals surface area contributed by atoms with Gasteiger partial charge in [-0.15, -0.1) is 18.2 Å². The molecule has 3 aromatic carbocycles. The summed E-state index contributed by atoms with van der Waals surface area (Å²) in [6.45, 7) is 6.38. The summed E-state index contributed by atoms with van der Waals surface area (Å²) in [5.41, 5.74) is 8.29. The molecule has 1 radical (unpaired) electrons. The topological polar surface area (TPSA) is 41.1 Å². The van der Waals surface area contributed by atoms with Gasteiger partial charge in [0.1, 0.15) is 11.8 Å². The molecule has 0 fully saturated rings. The molecule has 2 aromatic heterocycles. The fraction of sp³-hybridized carbons (Fsp3) is 0.120.